The average molecular weight is 210 g/mol. The van der Waals surface area contributed by atoms with Gasteiger partial charge in [0.05, 0.1) is 4.92 Å². The molecule has 0 aromatic heterocycles. The lowest BCUT2D eigenvalue weighted by atomic mass is 9.97. The van der Waals surface area contributed by atoms with Crippen molar-refractivity contribution in [1.29, 1.82) is 0 Å². The van der Waals surface area contributed by atoms with Crippen LogP contribution in [0.4, 0.5) is 5.69 Å². The molecule has 0 saturated carbocycles. The highest BCUT2D eigenvalue weighted by molar-refractivity contribution is 5.48. The van der Waals surface area contributed by atoms with Gasteiger partial charge in [0.1, 0.15) is 0 Å². The number of phenols is 1. The molecule has 0 aliphatic rings. The van der Waals surface area contributed by atoms with Gasteiger partial charge >= 0.3 is 5.69 Å². The summed E-state index contributed by atoms with van der Waals surface area (Å²) < 4.78 is 0. The zero-order valence-electron chi connectivity index (χ0n) is 8.51. The van der Waals surface area contributed by atoms with Crippen molar-refractivity contribution in [2.24, 2.45) is 5.73 Å². The minimum atomic E-state index is -0.589. The first-order chi connectivity index (χ1) is 7.06. The summed E-state index contributed by atoms with van der Waals surface area (Å²) in [6, 6.07) is 4.43. The topological polar surface area (TPSA) is 89.4 Å². The fourth-order valence-electron chi connectivity index (χ4n) is 1.41. The third-order valence-electron chi connectivity index (χ3n) is 2.36. The third-order valence-corrected chi connectivity index (χ3v) is 2.36. The Kier molecular flexibility index (Phi) is 3.62. The van der Waals surface area contributed by atoms with Gasteiger partial charge in [-0.1, -0.05) is 13.0 Å². The zero-order valence-corrected chi connectivity index (χ0v) is 8.51. The van der Waals surface area contributed by atoms with Crippen LogP contribution in [0, 0.1) is 10.1 Å². The number of nitrogens with two attached hydrogens (primary N) is 1. The Morgan fingerprint density at radius 3 is 2.80 bits per heavy atom. The predicted octanol–water partition coefficient (Wildman–Crippen LogP) is 1.75. The quantitative estimate of drug-likeness (QED) is 0.585. The molecular weight excluding hydrogens is 196 g/mol. The van der Waals surface area contributed by atoms with Crippen LogP contribution in [0.5, 0.6) is 5.75 Å². The summed E-state index contributed by atoms with van der Waals surface area (Å²) in [7, 11) is 0. The van der Waals surface area contributed by atoms with Crippen molar-refractivity contribution in [1.82, 2.24) is 0 Å². The molecule has 0 aliphatic heterocycles. The molecule has 15 heavy (non-hydrogen) atoms. The smallest absolute Gasteiger partial charge is 0.310 e. The van der Waals surface area contributed by atoms with Crippen LogP contribution in [-0.4, -0.2) is 16.6 Å². The normalized spacial score (nSPS) is 12.4. The summed E-state index contributed by atoms with van der Waals surface area (Å²) >= 11 is 0. The van der Waals surface area contributed by atoms with Crippen LogP contribution in [0.15, 0.2) is 18.2 Å². The van der Waals surface area contributed by atoms with Crippen LogP contribution in [0.3, 0.4) is 0 Å². The van der Waals surface area contributed by atoms with Crippen molar-refractivity contribution in [2.75, 3.05) is 6.54 Å². The van der Waals surface area contributed by atoms with Gasteiger partial charge in [0.25, 0.3) is 0 Å². The second kappa shape index (κ2) is 4.75. The Morgan fingerprint density at radius 2 is 2.27 bits per heavy atom. The maximum Gasteiger partial charge on any atom is 0.310 e. The van der Waals surface area contributed by atoms with Crippen molar-refractivity contribution >= 4 is 5.69 Å². The second-order valence-corrected chi connectivity index (χ2v) is 3.48. The van der Waals surface area contributed by atoms with Crippen LogP contribution >= 0.6 is 0 Å². The standard InChI is InChI=1S/C10H14N2O3/c1-7(4-5-11)8-2-3-10(13)9(6-8)12(14)15/h2-3,6-7,13H,4-5,11H2,1H3. The maximum absolute atomic E-state index is 10.6. The molecule has 0 fully saturated rings. The number of phenolic OH excluding ortho intramolecular Hbond substituents is 1. The van der Waals surface area contributed by atoms with Gasteiger partial charge in [-0.15, -0.1) is 0 Å². The molecule has 0 bridgehead atoms. The van der Waals surface area contributed by atoms with Gasteiger partial charge in [0, 0.05) is 6.07 Å². The van der Waals surface area contributed by atoms with E-state index < -0.39 is 4.92 Å². The lowest BCUT2D eigenvalue weighted by Crippen LogP contribution is -2.04. The van der Waals surface area contributed by atoms with E-state index in [1.807, 2.05) is 6.92 Å². The molecule has 0 spiro atoms. The molecule has 1 aromatic rings. The Bertz CT molecular complexity index is 366. The second-order valence-electron chi connectivity index (χ2n) is 3.48. The van der Waals surface area contributed by atoms with E-state index in [2.05, 4.69) is 0 Å². The van der Waals surface area contributed by atoms with Crippen molar-refractivity contribution in [3.8, 4) is 5.75 Å². The average Bonchev–Trinajstić information content (AvgIpc) is 2.18. The molecule has 1 rings (SSSR count). The van der Waals surface area contributed by atoms with Crippen LogP contribution < -0.4 is 5.73 Å². The molecule has 0 amide bonds. The minimum absolute atomic E-state index is 0.161. The van der Waals surface area contributed by atoms with Crippen LogP contribution in [0.2, 0.25) is 0 Å². The van der Waals surface area contributed by atoms with E-state index in [0.717, 1.165) is 12.0 Å². The van der Waals surface area contributed by atoms with Crippen LogP contribution in [-0.2, 0) is 0 Å². The van der Waals surface area contributed by atoms with E-state index >= 15 is 0 Å². The van der Waals surface area contributed by atoms with Crippen molar-refractivity contribution in [3.05, 3.63) is 33.9 Å². The Labute approximate surface area is 87.7 Å². The molecule has 1 unspecified atom stereocenters. The summed E-state index contributed by atoms with van der Waals surface area (Å²) in [6.07, 6.45) is 0.766. The fourth-order valence-corrected chi connectivity index (χ4v) is 1.41. The molecular formula is C10H14N2O3. The highest BCUT2D eigenvalue weighted by Gasteiger charge is 2.15. The summed E-state index contributed by atoms with van der Waals surface area (Å²) in [5.74, 6) is -0.141. The van der Waals surface area contributed by atoms with Crippen LogP contribution in [0.25, 0.3) is 0 Å². The molecule has 0 aliphatic carbocycles. The van der Waals surface area contributed by atoms with Gasteiger partial charge in [-0.2, -0.15) is 0 Å². The van der Waals surface area contributed by atoms with E-state index in [0.29, 0.717) is 6.54 Å². The number of nitro groups is 1. The van der Waals surface area contributed by atoms with E-state index in [9.17, 15) is 15.2 Å². The van der Waals surface area contributed by atoms with Crippen molar-refractivity contribution in [3.63, 3.8) is 0 Å². The first kappa shape index (κ1) is 11.5. The lowest BCUT2D eigenvalue weighted by molar-refractivity contribution is -0.385. The molecule has 1 atom stereocenters. The van der Waals surface area contributed by atoms with Gasteiger partial charge in [0.15, 0.2) is 5.75 Å². The molecule has 1 aromatic carbocycles. The Balaban J connectivity index is 3.02. The number of benzene rings is 1. The Morgan fingerprint density at radius 1 is 1.60 bits per heavy atom. The summed E-state index contributed by atoms with van der Waals surface area (Å²) in [5.41, 5.74) is 5.98. The number of rotatable bonds is 4. The first-order valence-electron chi connectivity index (χ1n) is 4.73. The summed E-state index contributed by atoms with van der Waals surface area (Å²) in [4.78, 5) is 9.99. The monoisotopic (exact) mass is 210 g/mol. The molecule has 5 nitrogen and oxygen atoms in total. The zero-order chi connectivity index (χ0) is 11.4. The van der Waals surface area contributed by atoms with E-state index in [-0.39, 0.29) is 17.4 Å². The number of nitro benzene ring substituents is 1. The van der Waals surface area contributed by atoms with Gasteiger partial charge in [-0.25, -0.2) is 0 Å². The largest absolute Gasteiger partial charge is 0.502 e. The number of hydrogen-bond donors (Lipinski definition) is 2. The molecule has 0 radical (unpaired) electrons. The van der Waals surface area contributed by atoms with Gasteiger partial charge < -0.3 is 10.8 Å². The van der Waals surface area contributed by atoms with E-state index in [1.54, 1.807) is 6.07 Å². The number of hydrogen-bond acceptors (Lipinski definition) is 4. The lowest BCUT2D eigenvalue weighted by Gasteiger charge is -2.10. The molecule has 0 saturated heterocycles. The molecule has 0 heterocycles. The highest BCUT2D eigenvalue weighted by Crippen LogP contribution is 2.30. The highest BCUT2D eigenvalue weighted by atomic mass is 16.6. The number of nitrogens with zero attached hydrogens (tertiary/aromatic N) is 1. The minimum Gasteiger partial charge on any atom is -0.502 e. The van der Waals surface area contributed by atoms with Gasteiger partial charge in [-0.3, -0.25) is 10.1 Å². The predicted molar refractivity (Wildman–Crippen MR) is 56.8 cm³/mol. The van der Waals surface area contributed by atoms with Crippen molar-refractivity contribution < 1.29 is 10.0 Å². The fraction of sp³-hybridized carbons (Fsp3) is 0.400. The third kappa shape index (κ3) is 2.66. The molecule has 5 heteroatoms. The summed E-state index contributed by atoms with van der Waals surface area (Å²) in [5, 5.41) is 19.8. The summed E-state index contributed by atoms with van der Waals surface area (Å²) in [6.45, 7) is 2.48. The maximum atomic E-state index is 10.6. The first-order valence-corrected chi connectivity index (χ1v) is 4.73. The van der Waals surface area contributed by atoms with E-state index in [4.69, 9.17) is 5.73 Å². The molecule has 3 N–H and O–H groups in total. The van der Waals surface area contributed by atoms with Gasteiger partial charge in [-0.05, 0) is 30.5 Å². The van der Waals surface area contributed by atoms with Crippen LogP contribution in [0.1, 0.15) is 24.8 Å². The Hall–Kier alpha value is -1.62. The van der Waals surface area contributed by atoms with Crippen molar-refractivity contribution in [2.45, 2.75) is 19.3 Å². The molecule has 82 valence electrons. The van der Waals surface area contributed by atoms with Gasteiger partial charge in [0.2, 0.25) is 0 Å². The SMILES string of the molecule is CC(CCN)c1ccc(O)c([N+](=O)[O-])c1. The number of aromatic hydroxyl groups is 1. The van der Waals surface area contributed by atoms with E-state index in [1.165, 1.54) is 12.1 Å².